The maximum absolute atomic E-state index is 5.19. The van der Waals surface area contributed by atoms with Crippen molar-refractivity contribution in [1.82, 2.24) is 0 Å². The summed E-state index contributed by atoms with van der Waals surface area (Å²) in [5.41, 5.74) is 1.35. The minimum Gasteiger partial charge on any atom is -0.0758 e. The Hall–Kier alpha value is -1.19. The second-order valence-electron chi connectivity index (χ2n) is 2.67. The van der Waals surface area contributed by atoms with Crippen LogP contribution in [0.3, 0.4) is 0 Å². The first kappa shape index (κ1) is 9.89. The van der Waals surface area contributed by atoms with E-state index in [0.717, 1.165) is 12.8 Å². The molecule has 0 amide bonds. The van der Waals surface area contributed by atoms with Crippen LogP contribution in [-0.4, -0.2) is 0 Å². The van der Waals surface area contributed by atoms with E-state index in [4.69, 9.17) is 11.6 Å². The lowest BCUT2D eigenvalue weighted by Crippen LogP contribution is -1.80. The fraction of sp³-hybridized carbons (Fsp3) is 0.167. The van der Waals surface area contributed by atoms with Crippen LogP contribution in [0.1, 0.15) is 12.0 Å². The summed E-state index contributed by atoms with van der Waals surface area (Å²) in [6, 6.07) is 10.4. The van der Waals surface area contributed by atoms with Crippen LogP contribution in [0.15, 0.2) is 42.5 Å². The van der Waals surface area contributed by atoms with Crippen LogP contribution < -0.4 is 0 Å². The molecule has 0 nitrogen and oxygen atoms in total. The Bertz CT molecular complexity index is 314. The summed E-state index contributed by atoms with van der Waals surface area (Å²) in [5, 5.41) is 2.30. The zero-order valence-electron chi connectivity index (χ0n) is 7.33. The van der Waals surface area contributed by atoms with E-state index in [9.17, 15) is 0 Å². The Morgan fingerprint density at radius 1 is 1.23 bits per heavy atom. The van der Waals surface area contributed by atoms with Crippen LogP contribution in [-0.2, 0) is 6.42 Å². The topological polar surface area (TPSA) is 0 Å². The number of aryl methyl sites for hydroxylation is 1. The average molecular weight is 191 g/mol. The highest BCUT2D eigenvalue weighted by Crippen LogP contribution is 2.02. The van der Waals surface area contributed by atoms with Crippen LogP contribution in [0.25, 0.3) is 0 Å². The van der Waals surface area contributed by atoms with Crippen LogP contribution in [0.4, 0.5) is 0 Å². The van der Waals surface area contributed by atoms with Gasteiger partial charge >= 0.3 is 0 Å². The molecule has 0 radical (unpaired) electrons. The fourth-order valence-electron chi connectivity index (χ4n) is 1.07. The van der Waals surface area contributed by atoms with E-state index in [2.05, 4.69) is 35.6 Å². The Morgan fingerprint density at radius 3 is 2.69 bits per heavy atom. The van der Waals surface area contributed by atoms with Crippen molar-refractivity contribution in [3.05, 3.63) is 48.0 Å². The number of allylic oxidation sites excluding steroid dienone is 2. The molecule has 0 fully saturated rings. The molecule has 66 valence electrons. The van der Waals surface area contributed by atoms with Gasteiger partial charge in [0.25, 0.3) is 0 Å². The van der Waals surface area contributed by atoms with Gasteiger partial charge < -0.3 is 0 Å². The number of hydrogen-bond acceptors (Lipinski definition) is 0. The zero-order chi connectivity index (χ0) is 9.36. The molecule has 1 aromatic rings. The molecular formula is C12H11Cl. The van der Waals surface area contributed by atoms with Crippen LogP contribution >= 0.6 is 11.6 Å². The van der Waals surface area contributed by atoms with Crippen LogP contribution in [0.5, 0.6) is 0 Å². The second kappa shape index (κ2) is 6.34. The summed E-state index contributed by atoms with van der Waals surface area (Å²) in [6.07, 6.45) is 5.88. The molecule has 0 unspecified atom stereocenters. The van der Waals surface area contributed by atoms with Gasteiger partial charge in [-0.25, -0.2) is 0 Å². The zero-order valence-corrected chi connectivity index (χ0v) is 8.09. The van der Waals surface area contributed by atoms with Gasteiger partial charge in [0, 0.05) is 5.38 Å². The third kappa shape index (κ3) is 4.40. The van der Waals surface area contributed by atoms with E-state index in [1.54, 1.807) is 6.08 Å². The molecule has 0 aromatic heterocycles. The van der Waals surface area contributed by atoms with Gasteiger partial charge in [-0.05, 0) is 36.1 Å². The minimum absolute atomic E-state index is 1.01. The Balaban J connectivity index is 2.30. The van der Waals surface area contributed by atoms with E-state index in [-0.39, 0.29) is 0 Å². The molecule has 0 saturated carbocycles. The predicted octanol–water partition coefficient (Wildman–Crippen LogP) is 3.38. The van der Waals surface area contributed by atoms with Crippen molar-refractivity contribution in [1.29, 1.82) is 0 Å². The van der Waals surface area contributed by atoms with E-state index < -0.39 is 0 Å². The highest BCUT2D eigenvalue weighted by molar-refractivity contribution is 6.30. The maximum atomic E-state index is 5.19. The van der Waals surface area contributed by atoms with Gasteiger partial charge in [-0.15, -0.1) is 0 Å². The van der Waals surface area contributed by atoms with Crippen LogP contribution in [0.2, 0.25) is 0 Å². The lowest BCUT2D eigenvalue weighted by atomic mass is 10.1. The lowest BCUT2D eigenvalue weighted by molar-refractivity contribution is 1.00. The molecular weight excluding hydrogens is 180 g/mol. The minimum atomic E-state index is 1.01. The molecule has 0 spiro atoms. The molecule has 0 aliphatic carbocycles. The molecule has 0 bridgehead atoms. The molecule has 13 heavy (non-hydrogen) atoms. The Labute approximate surface area is 84.2 Å². The summed E-state index contributed by atoms with van der Waals surface area (Å²) in [4.78, 5) is 0. The van der Waals surface area contributed by atoms with Crippen molar-refractivity contribution in [3.8, 4) is 11.3 Å². The summed E-state index contributed by atoms with van der Waals surface area (Å²) in [7, 11) is 0. The van der Waals surface area contributed by atoms with Crippen molar-refractivity contribution >= 4 is 11.6 Å². The van der Waals surface area contributed by atoms with Crippen molar-refractivity contribution in [3.63, 3.8) is 0 Å². The molecule has 0 aliphatic heterocycles. The third-order valence-electron chi connectivity index (χ3n) is 1.70. The number of halogens is 1. The van der Waals surface area contributed by atoms with Crippen molar-refractivity contribution in [2.24, 2.45) is 0 Å². The van der Waals surface area contributed by atoms with Crippen molar-refractivity contribution < 1.29 is 0 Å². The van der Waals surface area contributed by atoms with Gasteiger partial charge in [0.2, 0.25) is 0 Å². The summed E-state index contributed by atoms with van der Waals surface area (Å²) >= 11 is 5.19. The lowest BCUT2D eigenvalue weighted by Gasteiger charge is -1.95. The van der Waals surface area contributed by atoms with Crippen molar-refractivity contribution in [2.45, 2.75) is 12.8 Å². The highest BCUT2D eigenvalue weighted by atomic mass is 35.5. The maximum Gasteiger partial charge on any atom is 0.00888 e. The SMILES string of the molecule is ClC#C/C=C\CCc1ccccc1. The summed E-state index contributed by atoms with van der Waals surface area (Å²) in [5.74, 6) is 2.67. The smallest absolute Gasteiger partial charge is 0.00888 e. The molecule has 0 heterocycles. The van der Waals surface area contributed by atoms with Gasteiger partial charge in [-0.1, -0.05) is 42.3 Å². The molecule has 0 saturated heterocycles. The highest BCUT2D eigenvalue weighted by Gasteiger charge is 1.86. The predicted molar refractivity (Wildman–Crippen MR) is 57.5 cm³/mol. The molecule has 1 heteroatoms. The van der Waals surface area contributed by atoms with Gasteiger partial charge in [-0.3, -0.25) is 0 Å². The first-order valence-electron chi connectivity index (χ1n) is 4.23. The first-order chi connectivity index (χ1) is 6.43. The Kier molecular flexibility index (Phi) is 4.83. The molecule has 0 atom stereocenters. The number of hydrogen-bond donors (Lipinski definition) is 0. The summed E-state index contributed by atoms with van der Waals surface area (Å²) < 4.78 is 0. The van der Waals surface area contributed by atoms with Crippen LogP contribution in [0, 0.1) is 11.3 Å². The average Bonchev–Trinajstić information content (AvgIpc) is 2.19. The van der Waals surface area contributed by atoms with Gasteiger partial charge in [0.05, 0.1) is 0 Å². The van der Waals surface area contributed by atoms with E-state index >= 15 is 0 Å². The second-order valence-corrected chi connectivity index (χ2v) is 2.85. The fourth-order valence-corrected chi connectivity index (χ4v) is 1.13. The molecule has 0 N–H and O–H groups in total. The van der Waals surface area contributed by atoms with Crippen molar-refractivity contribution in [2.75, 3.05) is 0 Å². The molecule has 0 aliphatic rings. The standard InChI is InChI=1S/C12H11Cl/c13-11-7-2-1-4-8-12-9-5-3-6-10-12/h1-3,5-6,9-10H,4,8H2/b2-1-. The first-order valence-corrected chi connectivity index (χ1v) is 4.61. The third-order valence-corrected chi connectivity index (χ3v) is 1.81. The van der Waals surface area contributed by atoms with E-state index in [1.807, 2.05) is 12.1 Å². The molecule has 1 aromatic carbocycles. The largest absolute Gasteiger partial charge is 0.0758 e. The number of rotatable bonds is 3. The van der Waals surface area contributed by atoms with Gasteiger partial charge in [0.1, 0.15) is 0 Å². The van der Waals surface area contributed by atoms with Gasteiger partial charge in [0.15, 0.2) is 0 Å². The Morgan fingerprint density at radius 2 is 2.00 bits per heavy atom. The van der Waals surface area contributed by atoms with Gasteiger partial charge in [-0.2, -0.15) is 0 Å². The monoisotopic (exact) mass is 190 g/mol. The normalized spacial score (nSPS) is 9.62. The quantitative estimate of drug-likeness (QED) is 0.642. The summed E-state index contributed by atoms with van der Waals surface area (Å²) in [6.45, 7) is 0. The van der Waals surface area contributed by atoms with E-state index in [0.29, 0.717) is 0 Å². The number of benzene rings is 1. The molecule has 1 rings (SSSR count). The van der Waals surface area contributed by atoms with E-state index in [1.165, 1.54) is 5.56 Å².